The third-order valence-corrected chi connectivity index (χ3v) is 4.72. The maximum atomic E-state index is 6.20. The highest BCUT2D eigenvalue weighted by molar-refractivity contribution is 5.84. The van der Waals surface area contributed by atoms with Gasteiger partial charge in [0.05, 0.1) is 0 Å². The van der Waals surface area contributed by atoms with Gasteiger partial charge in [-0.2, -0.15) is 0 Å². The first-order chi connectivity index (χ1) is 9.25. The molecule has 1 aromatic heterocycles. The lowest BCUT2D eigenvalue weighted by atomic mass is 9.74. The predicted molar refractivity (Wildman–Crippen MR) is 80.4 cm³/mol. The van der Waals surface area contributed by atoms with Crippen molar-refractivity contribution in [2.24, 2.45) is 5.73 Å². The zero-order valence-corrected chi connectivity index (χ0v) is 11.7. The Kier molecular flexibility index (Phi) is 3.33. The molecular weight excluding hydrogens is 234 g/mol. The van der Waals surface area contributed by atoms with Crippen LogP contribution in [0.15, 0.2) is 30.5 Å². The Labute approximate surface area is 114 Å². The van der Waals surface area contributed by atoms with Crippen molar-refractivity contribution in [1.29, 1.82) is 0 Å². The van der Waals surface area contributed by atoms with E-state index in [2.05, 4.69) is 47.4 Å². The standard InChI is InChI=1S/C16H23N3/c1-19-9-4-7-16(12-17,8-10-19)14-11-18-15-6-3-2-5-13(14)15/h2-3,5-6,11,18H,4,7-10,12,17H2,1H3. The molecular formula is C16H23N3. The highest BCUT2D eigenvalue weighted by atomic mass is 15.1. The Morgan fingerprint density at radius 3 is 2.95 bits per heavy atom. The molecule has 3 N–H and O–H groups in total. The summed E-state index contributed by atoms with van der Waals surface area (Å²) in [6, 6.07) is 8.56. The average Bonchev–Trinajstić information content (AvgIpc) is 2.78. The lowest BCUT2D eigenvalue weighted by Crippen LogP contribution is -2.36. The topological polar surface area (TPSA) is 45.0 Å². The lowest BCUT2D eigenvalue weighted by Gasteiger charge is -2.31. The second-order valence-electron chi connectivity index (χ2n) is 5.89. The molecule has 1 aliphatic heterocycles. The van der Waals surface area contributed by atoms with Crippen molar-refractivity contribution >= 4 is 10.9 Å². The van der Waals surface area contributed by atoms with Crippen LogP contribution < -0.4 is 5.73 Å². The van der Waals surface area contributed by atoms with E-state index in [0.29, 0.717) is 0 Å². The van der Waals surface area contributed by atoms with Crippen LogP contribution in [0.3, 0.4) is 0 Å². The summed E-state index contributed by atoms with van der Waals surface area (Å²) >= 11 is 0. The van der Waals surface area contributed by atoms with Gasteiger partial charge in [0.15, 0.2) is 0 Å². The zero-order valence-electron chi connectivity index (χ0n) is 11.7. The van der Waals surface area contributed by atoms with Gasteiger partial charge in [0.25, 0.3) is 0 Å². The van der Waals surface area contributed by atoms with Crippen molar-refractivity contribution in [3.8, 4) is 0 Å². The maximum Gasteiger partial charge on any atom is 0.0457 e. The number of likely N-dealkylation sites (tertiary alicyclic amines) is 1. The second-order valence-corrected chi connectivity index (χ2v) is 5.89. The highest BCUT2D eigenvalue weighted by Gasteiger charge is 2.34. The van der Waals surface area contributed by atoms with Gasteiger partial charge in [-0.25, -0.2) is 0 Å². The van der Waals surface area contributed by atoms with E-state index >= 15 is 0 Å². The van der Waals surface area contributed by atoms with Crippen LogP contribution in [0, 0.1) is 0 Å². The van der Waals surface area contributed by atoms with E-state index in [9.17, 15) is 0 Å². The van der Waals surface area contributed by atoms with Gasteiger partial charge < -0.3 is 15.6 Å². The maximum absolute atomic E-state index is 6.20. The fourth-order valence-corrected chi connectivity index (χ4v) is 3.42. The van der Waals surface area contributed by atoms with E-state index < -0.39 is 0 Å². The summed E-state index contributed by atoms with van der Waals surface area (Å²) in [6.45, 7) is 3.06. The number of rotatable bonds is 2. The molecule has 3 nitrogen and oxygen atoms in total. The minimum atomic E-state index is 0.143. The number of H-pyrrole nitrogens is 1. The van der Waals surface area contributed by atoms with E-state index in [1.165, 1.54) is 35.9 Å². The van der Waals surface area contributed by atoms with Gasteiger partial charge in [0.2, 0.25) is 0 Å². The number of nitrogens with two attached hydrogens (primary N) is 1. The third kappa shape index (κ3) is 2.17. The monoisotopic (exact) mass is 257 g/mol. The molecule has 1 atom stereocenters. The summed E-state index contributed by atoms with van der Waals surface area (Å²) in [5, 5.41) is 1.34. The third-order valence-electron chi connectivity index (χ3n) is 4.72. The first kappa shape index (κ1) is 12.7. The summed E-state index contributed by atoms with van der Waals surface area (Å²) < 4.78 is 0. The Balaban J connectivity index is 2.05. The first-order valence-electron chi connectivity index (χ1n) is 7.20. The molecule has 0 radical (unpaired) electrons. The summed E-state index contributed by atoms with van der Waals surface area (Å²) in [5.41, 5.74) is 8.99. The molecule has 1 fully saturated rings. The predicted octanol–water partition coefficient (Wildman–Crippen LogP) is 2.48. The van der Waals surface area contributed by atoms with Crippen LogP contribution in [0.2, 0.25) is 0 Å². The molecule has 3 rings (SSSR count). The number of hydrogen-bond acceptors (Lipinski definition) is 2. The zero-order chi connectivity index (χ0) is 13.3. The molecule has 0 aliphatic carbocycles. The van der Waals surface area contributed by atoms with Crippen molar-refractivity contribution in [1.82, 2.24) is 9.88 Å². The van der Waals surface area contributed by atoms with Gasteiger partial charge in [0.1, 0.15) is 0 Å². The number of nitrogens with zero attached hydrogens (tertiary/aromatic N) is 1. The van der Waals surface area contributed by atoms with Crippen LogP contribution in [0.5, 0.6) is 0 Å². The molecule has 0 bridgehead atoms. The average molecular weight is 257 g/mol. The molecule has 2 heterocycles. The first-order valence-corrected chi connectivity index (χ1v) is 7.20. The van der Waals surface area contributed by atoms with E-state index in [-0.39, 0.29) is 5.41 Å². The van der Waals surface area contributed by atoms with Crippen LogP contribution in [-0.4, -0.2) is 36.6 Å². The minimum absolute atomic E-state index is 0.143. The Morgan fingerprint density at radius 1 is 1.26 bits per heavy atom. The van der Waals surface area contributed by atoms with E-state index in [1.54, 1.807) is 0 Å². The molecule has 3 heteroatoms. The van der Waals surface area contributed by atoms with Crippen LogP contribution >= 0.6 is 0 Å². The molecule has 1 saturated heterocycles. The van der Waals surface area contributed by atoms with Crippen LogP contribution in [-0.2, 0) is 5.41 Å². The van der Waals surface area contributed by atoms with Crippen molar-refractivity contribution in [2.75, 3.05) is 26.7 Å². The number of nitrogens with one attached hydrogen (secondary N) is 1. The Bertz CT molecular complexity index is 560. The summed E-state index contributed by atoms with van der Waals surface area (Å²) in [5.74, 6) is 0. The lowest BCUT2D eigenvalue weighted by molar-refractivity contribution is 0.330. The van der Waals surface area contributed by atoms with Crippen LogP contribution in [0.1, 0.15) is 24.8 Å². The van der Waals surface area contributed by atoms with Crippen LogP contribution in [0.25, 0.3) is 10.9 Å². The van der Waals surface area contributed by atoms with Crippen LogP contribution in [0.4, 0.5) is 0 Å². The van der Waals surface area contributed by atoms with Gasteiger partial charge in [-0.05, 0) is 51.0 Å². The molecule has 0 amide bonds. The number of hydrogen-bond donors (Lipinski definition) is 2. The number of aromatic amines is 1. The van der Waals surface area contributed by atoms with E-state index in [1.807, 2.05) is 0 Å². The molecule has 1 aromatic carbocycles. The Morgan fingerprint density at radius 2 is 2.11 bits per heavy atom. The quantitative estimate of drug-likeness (QED) is 0.868. The fourth-order valence-electron chi connectivity index (χ4n) is 3.42. The second kappa shape index (κ2) is 4.99. The number of para-hydroxylation sites is 1. The van der Waals surface area contributed by atoms with Gasteiger partial charge in [-0.15, -0.1) is 0 Å². The van der Waals surface area contributed by atoms with E-state index in [0.717, 1.165) is 19.5 Å². The highest BCUT2D eigenvalue weighted by Crippen LogP contribution is 2.38. The van der Waals surface area contributed by atoms with E-state index in [4.69, 9.17) is 5.73 Å². The summed E-state index contributed by atoms with van der Waals surface area (Å²) in [4.78, 5) is 5.83. The molecule has 0 saturated carbocycles. The fraction of sp³-hybridized carbons (Fsp3) is 0.500. The van der Waals surface area contributed by atoms with Gasteiger partial charge >= 0.3 is 0 Å². The molecule has 1 aliphatic rings. The summed E-state index contributed by atoms with van der Waals surface area (Å²) in [7, 11) is 2.21. The molecule has 0 spiro atoms. The van der Waals surface area contributed by atoms with Gasteiger partial charge in [0, 0.05) is 29.1 Å². The minimum Gasteiger partial charge on any atom is -0.361 e. The molecule has 1 unspecified atom stereocenters. The van der Waals surface area contributed by atoms with Crippen molar-refractivity contribution in [3.63, 3.8) is 0 Å². The molecule has 2 aromatic rings. The van der Waals surface area contributed by atoms with Gasteiger partial charge in [-0.3, -0.25) is 0 Å². The van der Waals surface area contributed by atoms with Crippen molar-refractivity contribution in [2.45, 2.75) is 24.7 Å². The smallest absolute Gasteiger partial charge is 0.0457 e. The molecule has 19 heavy (non-hydrogen) atoms. The number of fused-ring (bicyclic) bond motifs is 1. The largest absolute Gasteiger partial charge is 0.361 e. The molecule has 102 valence electrons. The van der Waals surface area contributed by atoms with Crippen molar-refractivity contribution < 1.29 is 0 Å². The summed E-state index contributed by atoms with van der Waals surface area (Å²) in [6.07, 6.45) is 5.76. The van der Waals surface area contributed by atoms with Crippen molar-refractivity contribution in [3.05, 3.63) is 36.0 Å². The SMILES string of the molecule is CN1CCCC(CN)(c2c[nH]c3ccccc23)CC1. The number of aromatic nitrogens is 1. The number of benzene rings is 1. The normalized spacial score (nSPS) is 25.6. The van der Waals surface area contributed by atoms with Gasteiger partial charge in [-0.1, -0.05) is 18.2 Å². The Hall–Kier alpha value is -1.32.